The van der Waals surface area contributed by atoms with Crippen molar-refractivity contribution < 1.29 is 14.3 Å². The molecule has 0 spiro atoms. The van der Waals surface area contributed by atoms with Gasteiger partial charge in [-0.3, -0.25) is 18.8 Å². The second kappa shape index (κ2) is 7.60. The van der Waals surface area contributed by atoms with Gasteiger partial charge in [-0.15, -0.1) is 11.3 Å². The summed E-state index contributed by atoms with van der Waals surface area (Å²) in [4.78, 5) is 44.7. The predicted octanol–water partition coefficient (Wildman–Crippen LogP) is 4.22. The summed E-state index contributed by atoms with van der Waals surface area (Å²) in [6.07, 6.45) is 0. The number of aryl methyl sites for hydroxylation is 2. The summed E-state index contributed by atoms with van der Waals surface area (Å²) < 4.78 is 12.1. The molecule has 3 aromatic heterocycles. The van der Waals surface area contributed by atoms with Crippen molar-refractivity contribution in [2.24, 2.45) is 0 Å². The molecule has 0 atom stereocenters. The number of hydrogen-bond acceptors (Lipinski definition) is 6. The van der Waals surface area contributed by atoms with Crippen LogP contribution in [-0.4, -0.2) is 29.4 Å². The summed E-state index contributed by atoms with van der Waals surface area (Å²) in [5, 5.41) is 1.34. The highest BCUT2D eigenvalue weighted by Crippen LogP contribution is 2.32. The van der Waals surface area contributed by atoms with Crippen molar-refractivity contribution >= 4 is 43.8 Å². The first kappa shape index (κ1) is 21.0. The van der Waals surface area contributed by atoms with E-state index in [9.17, 15) is 14.4 Å². The van der Waals surface area contributed by atoms with Crippen LogP contribution in [0.25, 0.3) is 26.6 Å². The molecule has 5 aromatic rings. The number of carbonyl (C=O) groups excluding carboxylic acids is 1. The molecule has 1 N–H and O–H groups in total. The molecule has 0 fully saturated rings. The van der Waals surface area contributed by atoms with Gasteiger partial charge in [-0.1, -0.05) is 18.2 Å². The number of ketones is 1. The van der Waals surface area contributed by atoms with E-state index < -0.39 is 0 Å². The fourth-order valence-corrected chi connectivity index (χ4v) is 5.38. The third-order valence-electron chi connectivity index (χ3n) is 5.99. The zero-order valence-corrected chi connectivity index (χ0v) is 19.3. The Labute approximate surface area is 191 Å². The van der Waals surface area contributed by atoms with E-state index >= 15 is 0 Å². The number of carbonyl (C=O) groups is 1. The Kier molecular flexibility index (Phi) is 4.83. The summed E-state index contributed by atoms with van der Waals surface area (Å²) in [5.41, 5.74) is 0.982. The van der Waals surface area contributed by atoms with Crippen LogP contribution in [0, 0.1) is 13.8 Å². The lowest BCUT2D eigenvalue weighted by Crippen LogP contribution is -2.23. The van der Waals surface area contributed by atoms with Gasteiger partial charge in [0.25, 0.3) is 11.1 Å². The van der Waals surface area contributed by atoms with Crippen molar-refractivity contribution in [2.75, 3.05) is 14.2 Å². The van der Waals surface area contributed by atoms with Crippen LogP contribution >= 0.6 is 11.3 Å². The van der Waals surface area contributed by atoms with E-state index in [0.717, 1.165) is 10.4 Å². The zero-order chi connectivity index (χ0) is 23.4. The summed E-state index contributed by atoms with van der Waals surface area (Å²) in [7, 11) is 3.01. The van der Waals surface area contributed by atoms with Crippen LogP contribution in [0.3, 0.4) is 0 Å². The number of methoxy groups -OCH3 is 2. The second-order valence-corrected chi connectivity index (χ2v) is 8.93. The van der Waals surface area contributed by atoms with Gasteiger partial charge in [0.05, 0.1) is 25.2 Å². The number of nitrogens with zero attached hydrogens (tertiary/aromatic N) is 1. The number of fused-ring (bicyclic) bond motifs is 4. The molecule has 166 valence electrons. The van der Waals surface area contributed by atoms with E-state index in [1.165, 1.54) is 30.0 Å². The third-order valence-corrected chi connectivity index (χ3v) is 7.18. The molecule has 0 amide bonds. The molecular weight excluding hydrogens is 440 g/mol. The highest BCUT2D eigenvalue weighted by atomic mass is 32.1. The molecule has 0 bridgehead atoms. The van der Waals surface area contributed by atoms with Crippen molar-refractivity contribution in [2.45, 2.75) is 13.8 Å². The Morgan fingerprint density at radius 1 is 0.970 bits per heavy atom. The highest BCUT2D eigenvalue weighted by Gasteiger charge is 2.24. The third kappa shape index (κ3) is 2.98. The first-order valence-corrected chi connectivity index (χ1v) is 11.0. The average molecular weight is 461 g/mol. The number of benzene rings is 2. The molecule has 0 aliphatic rings. The molecule has 0 unspecified atom stereocenters. The van der Waals surface area contributed by atoms with E-state index in [-0.39, 0.29) is 28.1 Å². The molecular formula is C25H20N2O5S. The van der Waals surface area contributed by atoms with E-state index in [0.29, 0.717) is 38.1 Å². The molecule has 0 aliphatic carbocycles. The van der Waals surface area contributed by atoms with Crippen molar-refractivity contribution in [1.82, 2.24) is 9.38 Å². The van der Waals surface area contributed by atoms with Gasteiger partial charge in [-0.25, -0.2) is 0 Å². The first-order valence-electron chi connectivity index (χ1n) is 10.2. The maximum absolute atomic E-state index is 13.8. The maximum Gasteiger partial charge on any atom is 0.265 e. The minimum atomic E-state index is -0.343. The standard InChI is InChI=1S/C25H20N2O5S/c1-12-13(2)33-25-19(12)23(29)26-22-20(15-7-5-6-8-16(15)24(30)27(22)25)21(28)14-9-10-17(31-3)18(11-14)32-4/h5-11H,1-4H3,(H,26,29). The molecule has 5 rings (SSSR count). The largest absolute Gasteiger partial charge is 0.493 e. The Hall–Kier alpha value is -3.91. The van der Waals surface area contributed by atoms with Gasteiger partial charge in [-0.05, 0) is 43.7 Å². The lowest BCUT2D eigenvalue weighted by atomic mass is 9.98. The lowest BCUT2D eigenvalue weighted by molar-refractivity contribution is 0.104. The Morgan fingerprint density at radius 2 is 1.67 bits per heavy atom. The number of ether oxygens (including phenoxy) is 2. The first-order chi connectivity index (χ1) is 15.9. The summed E-state index contributed by atoms with van der Waals surface area (Å²) >= 11 is 1.37. The number of rotatable bonds is 4. The topological polar surface area (TPSA) is 89.9 Å². The number of hydrogen-bond donors (Lipinski definition) is 1. The van der Waals surface area contributed by atoms with E-state index in [4.69, 9.17) is 9.47 Å². The summed E-state index contributed by atoms with van der Waals surface area (Å²) in [6.45, 7) is 3.77. The summed E-state index contributed by atoms with van der Waals surface area (Å²) in [6, 6.07) is 11.8. The number of aromatic amines is 1. The van der Waals surface area contributed by atoms with Gasteiger partial charge in [0.2, 0.25) is 0 Å². The van der Waals surface area contributed by atoms with Gasteiger partial charge in [0.15, 0.2) is 17.3 Å². The predicted molar refractivity (Wildman–Crippen MR) is 130 cm³/mol. The smallest absolute Gasteiger partial charge is 0.265 e. The number of thiophene rings is 1. The molecule has 0 aliphatic heterocycles. The van der Waals surface area contributed by atoms with E-state index in [2.05, 4.69) is 4.98 Å². The fourth-order valence-electron chi connectivity index (χ4n) is 4.22. The maximum atomic E-state index is 13.8. The minimum absolute atomic E-state index is 0.178. The number of H-pyrrole nitrogens is 1. The minimum Gasteiger partial charge on any atom is -0.493 e. The second-order valence-electron chi connectivity index (χ2n) is 7.73. The highest BCUT2D eigenvalue weighted by molar-refractivity contribution is 7.18. The van der Waals surface area contributed by atoms with Crippen LogP contribution in [0.15, 0.2) is 52.1 Å². The molecule has 3 heterocycles. The molecule has 0 saturated carbocycles. The van der Waals surface area contributed by atoms with Crippen molar-refractivity contribution in [1.29, 1.82) is 0 Å². The van der Waals surface area contributed by atoms with Crippen molar-refractivity contribution in [3.63, 3.8) is 0 Å². The van der Waals surface area contributed by atoms with Gasteiger partial charge < -0.3 is 14.5 Å². The Morgan fingerprint density at radius 3 is 2.36 bits per heavy atom. The van der Waals surface area contributed by atoms with Crippen LogP contribution in [0.5, 0.6) is 11.5 Å². The molecule has 0 saturated heterocycles. The van der Waals surface area contributed by atoms with Gasteiger partial charge in [0, 0.05) is 21.2 Å². The monoisotopic (exact) mass is 460 g/mol. The molecule has 8 heteroatoms. The van der Waals surface area contributed by atoms with Crippen LogP contribution in [0.4, 0.5) is 0 Å². The molecule has 2 aromatic carbocycles. The average Bonchev–Trinajstić information content (AvgIpc) is 3.13. The fraction of sp³-hybridized carbons (Fsp3) is 0.160. The van der Waals surface area contributed by atoms with Crippen molar-refractivity contribution in [3.05, 3.63) is 84.7 Å². The van der Waals surface area contributed by atoms with Gasteiger partial charge in [0.1, 0.15) is 10.5 Å². The quantitative estimate of drug-likeness (QED) is 0.320. The molecule has 7 nitrogen and oxygen atoms in total. The van der Waals surface area contributed by atoms with Crippen LogP contribution < -0.4 is 20.6 Å². The van der Waals surface area contributed by atoms with E-state index in [1.807, 2.05) is 13.8 Å². The summed E-state index contributed by atoms with van der Waals surface area (Å²) in [5.74, 6) is 0.558. The van der Waals surface area contributed by atoms with Gasteiger partial charge >= 0.3 is 0 Å². The van der Waals surface area contributed by atoms with Crippen LogP contribution in [0.1, 0.15) is 26.4 Å². The van der Waals surface area contributed by atoms with Crippen LogP contribution in [0.2, 0.25) is 0 Å². The lowest BCUT2D eigenvalue weighted by Gasteiger charge is -2.13. The Balaban J connectivity index is 1.95. The Bertz CT molecular complexity index is 1730. The van der Waals surface area contributed by atoms with Crippen LogP contribution in [-0.2, 0) is 0 Å². The number of nitrogens with one attached hydrogen (secondary N) is 1. The van der Waals surface area contributed by atoms with Crippen molar-refractivity contribution in [3.8, 4) is 11.5 Å². The SMILES string of the molecule is COc1ccc(C(=O)c2c3ccccc3c(=O)n3c2[nH]c(=O)c2c(C)c(C)sc23)cc1OC. The number of aromatic nitrogens is 2. The van der Waals surface area contributed by atoms with Gasteiger partial charge in [-0.2, -0.15) is 0 Å². The molecule has 33 heavy (non-hydrogen) atoms. The normalized spacial score (nSPS) is 11.4. The molecule has 0 radical (unpaired) electrons. The van der Waals surface area contributed by atoms with E-state index in [1.54, 1.807) is 42.5 Å². The number of pyridine rings is 1. The zero-order valence-electron chi connectivity index (χ0n) is 18.4.